The monoisotopic (exact) mass is 597 g/mol. The molecule has 0 aromatic heterocycles. The maximum atomic E-state index is 10.0. The van der Waals surface area contributed by atoms with Crippen LogP contribution in [0.15, 0.2) is 12.2 Å². The van der Waals surface area contributed by atoms with Gasteiger partial charge in [0.25, 0.3) is 0 Å². The van der Waals surface area contributed by atoms with Crippen LogP contribution in [0.2, 0.25) is 0 Å². The van der Waals surface area contributed by atoms with E-state index in [2.05, 4.69) is 26.0 Å². The fourth-order valence-corrected chi connectivity index (χ4v) is 6.19. The van der Waals surface area contributed by atoms with Gasteiger partial charge in [-0.3, -0.25) is 0 Å². The standard InChI is InChI=1S/C37H72O3S/c1-3-5-7-9-11-13-14-15-16-17-18-19-21-23-25-27-30-34(29-26-24-22-20-12-10-8-6-4-2)31-28-32-36(41)37(40)35(39)33-38/h15-16,34-35,37-40H,3-14,17-33H2,1-2H3. The van der Waals surface area contributed by atoms with E-state index in [9.17, 15) is 10.2 Å². The zero-order chi connectivity index (χ0) is 30.2. The minimum Gasteiger partial charge on any atom is -0.394 e. The van der Waals surface area contributed by atoms with Crippen molar-refractivity contribution in [2.24, 2.45) is 5.92 Å². The van der Waals surface area contributed by atoms with E-state index in [4.69, 9.17) is 17.3 Å². The normalized spacial score (nSPS) is 14.1. The SMILES string of the molecule is CCCCCCCCC=CCCCCCCCCC(CCCCCCCCCCC)CCCC(=S)C(O)C(O)CO. The number of rotatable bonds is 33. The smallest absolute Gasteiger partial charge is 0.113 e. The number of unbranched alkanes of at least 4 members (excludes halogenated alkanes) is 20. The van der Waals surface area contributed by atoms with E-state index in [1.165, 1.54) is 161 Å². The Bertz CT molecular complexity index is 564. The maximum absolute atomic E-state index is 10.0. The molecule has 0 amide bonds. The first-order valence-electron chi connectivity index (χ1n) is 18.2. The molecule has 4 heteroatoms. The van der Waals surface area contributed by atoms with Crippen molar-refractivity contribution < 1.29 is 15.3 Å². The topological polar surface area (TPSA) is 60.7 Å². The lowest BCUT2D eigenvalue weighted by molar-refractivity contribution is 0.0185. The molecule has 3 atom stereocenters. The molecule has 0 rings (SSSR count). The van der Waals surface area contributed by atoms with Gasteiger partial charge in [0.1, 0.15) is 12.2 Å². The number of aliphatic hydroxyl groups excluding tert-OH is 3. The van der Waals surface area contributed by atoms with Crippen LogP contribution in [0.4, 0.5) is 0 Å². The molecular formula is C37H72O3S. The van der Waals surface area contributed by atoms with Crippen molar-refractivity contribution in [2.75, 3.05) is 6.61 Å². The van der Waals surface area contributed by atoms with Crippen molar-refractivity contribution in [2.45, 2.75) is 206 Å². The van der Waals surface area contributed by atoms with E-state index in [0.29, 0.717) is 11.3 Å². The second kappa shape index (κ2) is 32.6. The Balaban J connectivity index is 4.04. The van der Waals surface area contributed by atoms with Crippen LogP contribution in [0, 0.1) is 5.92 Å². The van der Waals surface area contributed by atoms with Crippen LogP contribution in [0.1, 0.15) is 194 Å². The quantitative estimate of drug-likeness (QED) is 0.0400. The zero-order valence-corrected chi connectivity index (χ0v) is 28.5. The fraction of sp³-hybridized carbons (Fsp3) is 0.919. The Morgan fingerprint density at radius 1 is 0.537 bits per heavy atom. The summed E-state index contributed by atoms with van der Waals surface area (Å²) in [5, 5.41) is 28.8. The summed E-state index contributed by atoms with van der Waals surface area (Å²) in [6.07, 6.45) is 39.4. The third-order valence-electron chi connectivity index (χ3n) is 8.76. The van der Waals surface area contributed by atoms with E-state index in [1.807, 2.05) is 0 Å². The lowest BCUT2D eigenvalue weighted by Crippen LogP contribution is -2.35. The highest BCUT2D eigenvalue weighted by Gasteiger charge is 2.20. The summed E-state index contributed by atoms with van der Waals surface area (Å²) in [6.45, 7) is 4.12. The average molecular weight is 597 g/mol. The lowest BCUT2D eigenvalue weighted by Gasteiger charge is -2.19. The van der Waals surface area contributed by atoms with Crippen LogP contribution in [-0.2, 0) is 0 Å². The third kappa shape index (κ3) is 28.2. The number of thiocarbonyl (C=S) groups is 1. The average Bonchev–Trinajstić information content (AvgIpc) is 2.98. The predicted octanol–water partition coefficient (Wildman–Crippen LogP) is 11.2. The largest absolute Gasteiger partial charge is 0.394 e. The second-order valence-electron chi connectivity index (χ2n) is 12.8. The predicted molar refractivity (Wildman–Crippen MR) is 185 cm³/mol. The van der Waals surface area contributed by atoms with Crippen LogP contribution in [-0.4, -0.2) is 39.0 Å². The molecule has 0 aromatic rings. The van der Waals surface area contributed by atoms with Gasteiger partial charge in [0.2, 0.25) is 0 Å². The van der Waals surface area contributed by atoms with E-state index in [1.54, 1.807) is 0 Å². The van der Waals surface area contributed by atoms with Crippen molar-refractivity contribution in [3.05, 3.63) is 12.2 Å². The molecule has 0 saturated carbocycles. The van der Waals surface area contributed by atoms with E-state index in [0.717, 1.165) is 18.8 Å². The lowest BCUT2D eigenvalue weighted by atomic mass is 9.89. The minimum atomic E-state index is -1.15. The first-order valence-corrected chi connectivity index (χ1v) is 18.6. The molecule has 0 spiro atoms. The highest BCUT2D eigenvalue weighted by atomic mass is 32.1. The van der Waals surface area contributed by atoms with Gasteiger partial charge in [-0.05, 0) is 44.4 Å². The highest BCUT2D eigenvalue weighted by Crippen LogP contribution is 2.25. The molecule has 0 fully saturated rings. The van der Waals surface area contributed by atoms with Crippen molar-refractivity contribution in [1.29, 1.82) is 0 Å². The summed E-state index contributed by atoms with van der Waals surface area (Å²) >= 11 is 5.33. The first-order chi connectivity index (χ1) is 20.1. The van der Waals surface area contributed by atoms with Gasteiger partial charge in [-0.15, -0.1) is 0 Å². The summed E-state index contributed by atoms with van der Waals surface area (Å²) in [6, 6.07) is 0. The summed E-state index contributed by atoms with van der Waals surface area (Å²) in [5.41, 5.74) is 0. The summed E-state index contributed by atoms with van der Waals surface area (Å²) in [5.74, 6) is 0.749. The van der Waals surface area contributed by atoms with Crippen LogP contribution in [0.25, 0.3) is 0 Å². The molecule has 0 aliphatic heterocycles. The Kier molecular flexibility index (Phi) is 32.4. The summed E-state index contributed by atoms with van der Waals surface area (Å²) in [4.78, 5) is 0.491. The van der Waals surface area contributed by atoms with Gasteiger partial charge in [0.15, 0.2) is 0 Å². The van der Waals surface area contributed by atoms with Crippen LogP contribution in [0.3, 0.4) is 0 Å². The molecule has 3 nitrogen and oxygen atoms in total. The molecule has 41 heavy (non-hydrogen) atoms. The third-order valence-corrected chi connectivity index (χ3v) is 9.20. The molecule has 3 N–H and O–H groups in total. The number of hydrogen-bond donors (Lipinski definition) is 3. The Morgan fingerprint density at radius 2 is 0.902 bits per heavy atom. The molecular weight excluding hydrogens is 524 g/mol. The zero-order valence-electron chi connectivity index (χ0n) is 27.6. The highest BCUT2D eigenvalue weighted by molar-refractivity contribution is 7.80. The van der Waals surface area contributed by atoms with Crippen molar-refractivity contribution >= 4 is 17.1 Å². The van der Waals surface area contributed by atoms with Gasteiger partial charge in [-0.2, -0.15) is 0 Å². The molecule has 0 bridgehead atoms. The minimum absolute atomic E-state index is 0.446. The number of aliphatic hydroxyl groups is 3. The molecule has 0 aliphatic rings. The van der Waals surface area contributed by atoms with E-state index < -0.39 is 18.8 Å². The van der Waals surface area contributed by atoms with Crippen molar-refractivity contribution in [3.63, 3.8) is 0 Å². The molecule has 0 heterocycles. The molecule has 0 aliphatic carbocycles. The summed E-state index contributed by atoms with van der Waals surface area (Å²) < 4.78 is 0. The number of allylic oxidation sites excluding steroid dienone is 2. The second-order valence-corrected chi connectivity index (χ2v) is 13.3. The first kappa shape index (κ1) is 40.7. The Hall–Kier alpha value is -0.290. The molecule has 3 unspecified atom stereocenters. The molecule has 0 saturated heterocycles. The summed E-state index contributed by atoms with van der Waals surface area (Å²) in [7, 11) is 0. The van der Waals surface area contributed by atoms with Crippen molar-refractivity contribution in [3.8, 4) is 0 Å². The van der Waals surface area contributed by atoms with Crippen LogP contribution in [0.5, 0.6) is 0 Å². The van der Waals surface area contributed by atoms with Gasteiger partial charge in [-0.25, -0.2) is 0 Å². The molecule has 0 radical (unpaired) electrons. The number of hydrogen-bond acceptors (Lipinski definition) is 4. The van der Waals surface area contributed by atoms with Crippen LogP contribution >= 0.6 is 12.2 Å². The maximum Gasteiger partial charge on any atom is 0.113 e. The van der Waals surface area contributed by atoms with Gasteiger partial charge in [0, 0.05) is 4.86 Å². The Morgan fingerprint density at radius 3 is 1.32 bits per heavy atom. The Labute approximate surface area is 262 Å². The molecule has 244 valence electrons. The molecule has 0 aromatic carbocycles. The fourth-order valence-electron chi connectivity index (χ4n) is 5.88. The van der Waals surface area contributed by atoms with E-state index in [-0.39, 0.29) is 0 Å². The van der Waals surface area contributed by atoms with E-state index >= 15 is 0 Å². The van der Waals surface area contributed by atoms with Gasteiger partial charge in [0.05, 0.1) is 6.61 Å². The van der Waals surface area contributed by atoms with Crippen LogP contribution < -0.4 is 0 Å². The van der Waals surface area contributed by atoms with Gasteiger partial charge in [-0.1, -0.05) is 179 Å². The van der Waals surface area contributed by atoms with Gasteiger partial charge < -0.3 is 15.3 Å². The van der Waals surface area contributed by atoms with Crippen molar-refractivity contribution in [1.82, 2.24) is 0 Å². The van der Waals surface area contributed by atoms with Gasteiger partial charge >= 0.3 is 0 Å².